The van der Waals surface area contributed by atoms with E-state index in [4.69, 9.17) is 5.84 Å². The third-order valence-corrected chi connectivity index (χ3v) is 1.42. The van der Waals surface area contributed by atoms with Crippen LogP contribution in [-0.4, -0.2) is 0 Å². The van der Waals surface area contributed by atoms with Crippen LogP contribution in [0.1, 0.15) is 0 Å². The summed E-state index contributed by atoms with van der Waals surface area (Å²) >= 11 is 3.20. The minimum Gasteiger partial charge on any atom is -0.227 e. The zero-order chi connectivity index (χ0) is 5.98. The van der Waals surface area contributed by atoms with E-state index in [2.05, 4.69) is 22.0 Å². The van der Waals surface area contributed by atoms with E-state index in [9.17, 15) is 0 Å². The average molecular weight is 262 g/mol. The van der Waals surface area contributed by atoms with Crippen molar-refractivity contribution in [2.45, 2.75) is 0 Å². The maximum Gasteiger partial charge on any atom is 0.169 e. The molecule has 0 saturated heterocycles. The zero-order valence-electron chi connectivity index (χ0n) is 4.71. The van der Waals surface area contributed by atoms with Crippen molar-refractivity contribution in [3.63, 3.8) is 0 Å². The van der Waals surface area contributed by atoms with E-state index in [1.54, 1.807) is 18.3 Å². The van der Waals surface area contributed by atoms with Crippen molar-refractivity contribution in [1.29, 1.82) is 0 Å². The van der Waals surface area contributed by atoms with Gasteiger partial charge < -0.3 is 0 Å². The first-order valence-electron chi connectivity index (χ1n) is 2.13. The van der Waals surface area contributed by atoms with Crippen molar-refractivity contribution < 1.29 is 37.4 Å². The third-order valence-electron chi connectivity index (χ3n) is 0.780. The van der Waals surface area contributed by atoms with Crippen molar-refractivity contribution in [3.05, 3.63) is 29.0 Å². The normalized spacial score (nSPS) is 8.11. The molecule has 0 aliphatic heterocycles. The Morgan fingerprint density at radius 2 is 2.33 bits per heavy atom. The molecule has 0 spiro atoms. The van der Waals surface area contributed by atoms with E-state index in [0.29, 0.717) is 0 Å². The molecule has 0 aliphatic carbocycles. The van der Waals surface area contributed by atoms with Gasteiger partial charge in [0.15, 0.2) is 4.60 Å². The first-order valence-corrected chi connectivity index (χ1v) is 2.92. The van der Waals surface area contributed by atoms with Crippen LogP contribution < -0.4 is 10.5 Å². The average Bonchev–Trinajstić information content (AvgIpc) is 1.77. The van der Waals surface area contributed by atoms with Crippen molar-refractivity contribution in [1.82, 2.24) is 0 Å². The molecule has 0 bridgehead atoms. The standard InChI is InChI=1S/C5H5BrN2.Y/c6-5-3-1-2-4-8(5)7;/h2-4H,7H2;. The van der Waals surface area contributed by atoms with Crippen molar-refractivity contribution in [2.24, 2.45) is 0 Å². The summed E-state index contributed by atoms with van der Waals surface area (Å²) < 4.78 is 2.29. The number of rotatable bonds is 0. The summed E-state index contributed by atoms with van der Waals surface area (Å²) in [6, 6.07) is 6.34. The second-order valence-electron chi connectivity index (χ2n) is 1.36. The van der Waals surface area contributed by atoms with E-state index >= 15 is 0 Å². The Balaban J connectivity index is 0.000000640. The molecule has 0 atom stereocenters. The van der Waals surface area contributed by atoms with Gasteiger partial charge in [0.1, 0.15) is 0 Å². The molecule has 0 aliphatic rings. The quantitative estimate of drug-likeness (QED) is 0.309. The molecule has 0 saturated carbocycles. The molecule has 45 valence electrons. The monoisotopic (exact) mass is 261 g/mol. The van der Waals surface area contributed by atoms with Gasteiger partial charge in [0.05, 0.1) is 6.20 Å². The van der Waals surface area contributed by atoms with Gasteiger partial charge in [0, 0.05) is 32.7 Å². The summed E-state index contributed by atoms with van der Waals surface area (Å²) in [7, 11) is 0. The van der Waals surface area contributed by atoms with Gasteiger partial charge >= 0.3 is 0 Å². The Hall–Kier alpha value is 0.534. The molecule has 0 unspecified atom stereocenters. The van der Waals surface area contributed by atoms with Gasteiger partial charge in [-0.3, -0.25) is 0 Å². The fourth-order valence-corrected chi connectivity index (χ4v) is 0.636. The van der Waals surface area contributed by atoms with Crippen molar-refractivity contribution in [2.75, 3.05) is 5.84 Å². The number of pyridine rings is 1. The molecule has 1 aromatic rings. The summed E-state index contributed by atoms with van der Waals surface area (Å²) in [5.41, 5.74) is 0. The fraction of sp³-hybridized carbons (Fsp3) is 0. The minimum absolute atomic E-state index is 0. The molecule has 1 rings (SSSR count). The largest absolute Gasteiger partial charge is 0.227 e. The van der Waals surface area contributed by atoms with Gasteiger partial charge in [0.2, 0.25) is 0 Å². The smallest absolute Gasteiger partial charge is 0.169 e. The van der Waals surface area contributed by atoms with Gasteiger partial charge in [0.25, 0.3) is 0 Å². The van der Waals surface area contributed by atoms with Crippen LogP contribution in [-0.2, 0) is 32.7 Å². The number of hydrogen-bond acceptors (Lipinski definition) is 1. The predicted octanol–water partition coefficient (Wildman–Crippen LogP) is 0.248. The number of nitrogen functional groups attached to an aromatic ring is 1. The number of nitrogens with zero attached hydrogens (tertiary/aromatic N) is 1. The van der Waals surface area contributed by atoms with Gasteiger partial charge in [-0.2, -0.15) is 10.7 Å². The molecule has 2 N–H and O–H groups in total. The van der Waals surface area contributed by atoms with E-state index in [1.807, 2.05) is 0 Å². The number of aromatic nitrogens is 1. The summed E-state index contributed by atoms with van der Waals surface area (Å²) in [5.74, 6) is 5.37. The Morgan fingerprint density at radius 3 is 2.67 bits per heavy atom. The van der Waals surface area contributed by atoms with Crippen LogP contribution in [0.2, 0.25) is 0 Å². The number of halogens is 1. The molecule has 1 radical (unpaired) electrons. The zero-order valence-corrected chi connectivity index (χ0v) is 9.14. The maximum absolute atomic E-state index is 5.37. The van der Waals surface area contributed by atoms with E-state index in [-0.39, 0.29) is 32.7 Å². The molecule has 0 aromatic carbocycles. The summed E-state index contributed by atoms with van der Waals surface area (Å²) in [5, 5.41) is 0. The molecule has 4 heteroatoms. The minimum atomic E-state index is 0. The molecule has 0 fully saturated rings. The Morgan fingerprint density at radius 1 is 1.67 bits per heavy atom. The van der Waals surface area contributed by atoms with Crippen LogP contribution in [0.3, 0.4) is 0 Å². The van der Waals surface area contributed by atoms with Gasteiger partial charge in [-0.1, -0.05) is 22.0 Å². The van der Waals surface area contributed by atoms with Crippen LogP contribution in [0.5, 0.6) is 0 Å². The Labute approximate surface area is 87.4 Å². The Kier molecular flexibility index (Phi) is 4.62. The summed E-state index contributed by atoms with van der Waals surface area (Å²) in [6.45, 7) is 0. The molecule has 1 heterocycles. The van der Waals surface area contributed by atoms with Gasteiger partial charge in [-0.25, -0.2) is 5.84 Å². The third kappa shape index (κ3) is 2.74. The molecule has 0 amide bonds. The molecular formula is C5H5BrN2Y. The van der Waals surface area contributed by atoms with E-state index in [1.165, 1.54) is 4.68 Å². The van der Waals surface area contributed by atoms with Crippen LogP contribution in [0.25, 0.3) is 0 Å². The first-order chi connectivity index (χ1) is 3.80. The van der Waals surface area contributed by atoms with Crippen molar-refractivity contribution in [3.8, 4) is 0 Å². The predicted molar refractivity (Wildman–Crippen MR) is 33.3 cm³/mol. The molecule has 9 heavy (non-hydrogen) atoms. The van der Waals surface area contributed by atoms with Gasteiger partial charge in [-0.05, 0) is 0 Å². The SMILES string of the molecule is N[n+]1cc[c-]cc1Br.[Y]. The maximum atomic E-state index is 5.37. The second-order valence-corrected chi connectivity index (χ2v) is 2.17. The van der Waals surface area contributed by atoms with Crippen molar-refractivity contribution >= 4 is 15.9 Å². The van der Waals surface area contributed by atoms with E-state index < -0.39 is 0 Å². The molecular weight excluding hydrogens is 257 g/mol. The number of hydrogen-bond donors (Lipinski definition) is 1. The fourth-order valence-electron chi connectivity index (χ4n) is 0.386. The summed E-state index contributed by atoms with van der Waals surface area (Å²) in [6.07, 6.45) is 1.71. The topological polar surface area (TPSA) is 29.9 Å². The van der Waals surface area contributed by atoms with Gasteiger partial charge in [-0.15, -0.1) is 6.07 Å². The second kappa shape index (κ2) is 4.37. The van der Waals surface area contributed by atoms with Crippen LogP contribution >= 0.6 is 15.9 Å². The van der Waals surface area contributed by atoms with Crippen LogP contribution in [0.4, 0.5) is 0 Å². The molecule has 1 aromatic heterocycles. The number of nitrogens with two attached hydrogens (primary N) is 1. The first kappa shape index (κ1) is 9.53. The van der Waals surface area contributed by atoms with Crippen LogP contribution in [0.15, 0.2) is 22.9 Å². The Bertz CT molecular complexity index is 171. The molecule has 2 nitrogen and oxygen atoms in total. The van der Waals surface area contributed by atoms with Crippen LogP contribution in [0, 0.1) is 6.07 Å². The van der Waals surface area contributed by atoms with E-state index in [0.717, 1.165) is 4.60 Å². The summed E-state index contributed by atoms with van der Waals surface area (Å²) in [4.78, 5) is 0.